The normalized spacial score (nSPS) is 40.3. The Hall–Kier alpha value is -0.120. The fourth-order valence-electron chi connectivity index (χ4n) is 3.85. The number of hydrogen-bond donors (Lipinski definition) is 1. The Balaban J connectivity index is 1.64. The van der Waals surface area contributed by atoms with Gasteiger partial charge in [-0.15, -0.1) is 0 Å². The fraction of sp³-hybridized carbons (Fsp3) is 1.00. The van der Waals surface area contributed by atoms with Gasteiger partial charge in [-0.05, 0) is 63.3 Å². The lowest BCUT2D eigenvalue weighted by atomic mass is 9.80. The third-order valence-electron chi connectivity index (χ3n) is 5.20. The number of methoxy groups -OCH3 is 2. The average molecular weight is 269 g/mol. The Morgan fingerprint density at radius 3 is 2.26 bits per heavy atom. The van der Waals surface area contributed by atoms with Crippen molar-refractivity contribution >= 4 is 0 Å². The quantitative estimate of drug-likeness (QED) is 0.832. The lowest BCUT2D eigenvalue weighted by molar-refractivity contribution is 0.0142. The van der Waals surface area contributed by atoms with Crippen LogP contribution >= 0.6 is 0 Å². The van der Waals surface area contributed by atoms with Gasteiger partial charge in [-0.25, -0.2) is 0 Å². The molecule has 0 saturated heterocycles. The second kappa shape index (κ2) is 7.61. The highest BCUT2D eigenvalue weighted by Gasteiger charge is 2.28. The lowest BCUT2D eigenvalue weighted by Crippen LogP contribution is -2.40. The Morgan fingerprint density at radius 1 is 0.947 bits per heavy atom. The van der Waals surface area contributed by atoms with Crippen LogP contribution in [0.3, 0.4) is 0 Å². The maximum absolute atomic E-state index is 5.54. The van der Waals surface area contributed by atoms with Crippen molar-refractivity contribution in [2.45, 2.75) is 70.1 Å². The van der Waals surface area contributed by atoms with Crippen molar-refractivity contribution < 1.29 is 9.47 Å². The summed E-state index contributed by atoms with van der Waals surface area (Å²) in [5.74, 6) is 1.57. The number of nitrogens with one attached hydrogen (secondary N) is 1. The molecule has 19 heavy (non-hydrogen) atoms. The average Bonchev–Trinajstić information content (AvgIpc) is 2.46. The van der Waals surface area contributed by atoms with E-state index in [0.29, 0.717) is 12.2 Å². The molecular formula is C16H31NO2. The molecule has 0 spiro atoms. The Morgan fingerprint density at radius 2 is 1.68 bits per heavy atom. The summed E-state index contributed by atoms with van der Waals surface area (Å²) in [6.45, 7) is 3.53. The molecule has 2 aliphatic rings. The van der Waals surface area contributed by atoms with Crippen LogP contribution in [0.4, 0.5) is 0 Å². The molecular weight excluding hydrogens is 238 g/mol. The third-order valence-corrected chi connectivity index (χ3v) is 5.20. The first-order valence-corrected chi connectivity index (χ1v) is 8.02. The zero-order valence-electron chi connectivity index (χ0n) is 12.9. The van der Waals surface area contributed by atoms with Crippen LogP contribution in [0.15, 0.2) is 0 Å². The maximum atomic E-state index is 5.54. The summed E-state index contributed by atoms with van der Waals surface area (Å²) in [6, 6.07) is 0.724. The molecule has 112 valence electrons. The van der Waals surface area contributed by atoms with Gasteiger partial charge in [0.15, 0.2) is 0 Å². The molecule has 0 bridgehead atoms. The largest absolute Gasteiger partial charge is 0.381 e. The van der Waals surface area contributed by atoms with Gasteiger partial charge in [0.05, 0.1) is 12.2 Å². The van der Waals surface area contributed by atoms with Crippen molar-refractivity contribution in [2.75, 3.05) is 20.8 Å². The minimum atomic E-state index is 0.494. The van der Waals surface area contributed by atoms with E-state index in [0.717, 1.165) is 17.9 Å². The van der Waals surface area contributed by atoms with Crippen LogP contribution in [0.25, 0.3) is 0 Å². The highest BCUT2D eigenvalue weighted by Crippen LogP contribution is 2.30. The first-order chi connectivity index (χ1) is 9.22. The SMILES string of the molecule is COC1CCC(NCC2CCC(OC)C(C)C2)CC1. The molecule has 3 heteroatoms. The molecule has 0 aliphatic heterocycles. The topological polar surface area (TPSA) is 30.5 Å². The van der Waals surface area contributed by atoms with Gasteiger partial charge in [0, 0.05) is 20.3 Å². The summed E-state index contributed by atoms with van der Waals surface area (Å²) in [4.78, 5) is 0. The molecule has 3 nitrogen and oxygen atoms in total. The van der Waals surface area contributed by atoms with Crippen molar-refractivity contribution in [1.29, 1.82) is 0 Å². The Labute approximate surface area is 118 Å². The molecule has 0 aromatic carbocycles. The standard InChI is InChI=1S/C16H31NO2/c1-12-10-13(4-9-16(12)19-3)11-17-14-5-7-15(18-2)8-6-14/h12-17H,4-11H2,1-3H3. The molecule has 3 atom stereocenters. The molecule has 2 aliphatic carbocycles. The van der Waals surface area contributed by atoms with E-state index in [1.807, 2.05) is 14.2 Å². The van der Waals surface area contributed by atoms with Gasteiger partial charge >= 0.3 is 0 Å². The molecule has 0 amide bonds. The van der Waals surface area contributed by atoms with Gasteiger partial charge < -0.3 is 14.8 Å². The summed E-state index contributed by atoms with van der Waals surface area (Å²) in [6.07, 6.45) is 9.89. The van der Waals surface area contributed by atoms with E-state index in [2.05, 4.69) is 12.2 Å². The molecule has 0 aromatic heterocycles. The molecule has 1 N–H and O–H groups in total. The summed E-state index contributed by atoms with van der Waals surface area (Å²) in [5, 5.41) is 3.79. The first kappa shape index (κ1) is 15.3. The van der Waals surface area contributed by atoms with E-state index in [9.17, 15) is 0 Å². The first-order valence-electron chi connectivity index (χ1n) is 8.02. The Kier molecular flexibility index (Phi) is 6.11. The van der Waals surface area contributed by atoms with Crippen LogP contribution in [-0.4, -0.2) is 39.0 Å². The highest BCUT2D eigenvalue weighted by molar-refractivity contribution is 4.82. The second-order valence-electron chi connectivity index (χ2n) is 6.55. The molecule has 2 saturated carbocycles. The maximum Gasteiger partial charge on any atom is 0.0597 e. The van der Waals surface area contributed by atoms with E-state index in [1.54, 1.807) is 0 Å². The van der Waals surface area contributed by atoms with Crippen molar-refractivity contribution in [3.05, 3.63) is 0 Å². The van der Waals surface area contributed by atoms with Gasteiger partial charge in [0.1, 0.15) is 0 Å². The smallest absolute Gasteiger partial charge is 0.0597 e. The zero-order chi connectivity index (χ0) is 13.7. The van der Waals surface area contributed by atoms with Crippen LogP contribution < -0.4 is 5.32 Å². The van der Waals surface area contributed by atoms with E-state index in [1.165, 1.54) is 51.5 Å². The summed E-state index contributed by atoms with van der Waals surface area (Å²) in [5.41, 5.74) is 0. The van der Waals surface area contributed by atoms with Crippen molar-refractivity contribution in [3.8, 4) is 0 Å². The number of rotatable bonds is 5. The van der Waals surface area contributed by atoms with Crippen molar-refractivity contribution in [3.63, 3.8) is 0 Å². The van der Waals surface area contributed by atoms with Crippen LogP contribution in [0.2, 0.25) is 0 Å². The van der Waals surface area contributed by atoms with Gasteiger partial charge in [-0.2, -0.15) is 0 Å². The van der Waals surface area contributed by atoms with Crippen LogP contribution in [0, 0.1) is 11.8 Å². The molecule has 0 radical (unpaired) electrons. The summed E-state index contributed by atoms with van der Waals surface area (Å²) < 4.78 is 11.0. The summed E-state index contributed by atoms with van der Waals surface area (Å²) >= 11 is 0. The van der Waals surface area contributed by atoms with Crippen LogP contribution in [0.5, 0.6) is 0 Å². The van der Waals surface area contributed by atoms with Gasteiger partial charge in [0.2, 0.25) is 0 Å². The number of ether oxygens (including phenoxy) is 2. The third kappa shape index (κ3) is 4.44. The van der Waals surface area contributed by atoms with E-state index < -0.39 is 0 Å². The molecule has 0 heterocycles. The van der Waals surface area contributed by atoms with Crippen LogP contribution in [0.1, 0.15) is 51.9 Å². The van der Waals surface area contributed by atoms with Gasteiger partial charge in [-0.1, -0.05) is 6.92 Å². The highest BCUT2D eigenvalue weighted by atomic mass is 16.5. The predicted molar refractivity (Wildman–Crippen MR) is 78.4 cm³/mol. The molecule has 2 rings (SSSR count). The molecule has 2 fully saturated rings. The monoisotopic (exact) mass is 269 g/mol. The Bertz CT molecular complexity index is 251. The van der Waals surface area contributed by atoms with E-state index >= 15 is 0 Å². The van der Waals surface area contributed by atoms with E-state index in [-0.39, 0.29) is 0 Å². The molecule has 3 unspecified atom stereocenters. The second-order valence-corrected chi connectivity index (χ2v) is 6.55. The zero-order valence-corrected chi connectivity index (χ0v) is 12.9. The van der Waals surface area contributed by atoms with Crippen molar-refractivity contribution in [1.82, 2.24) is 5.32 Å². The minimum absolute atomic E-state index is 0.494. The fourth-order valence-corrected chi connectivity index (χ4v) is 3.85. The summed E-state index contributed by atoms with van der Waals surface area (Å²) in [7, 11) is 3.70. The minimum Gasteiger partial charge on any atom is -0.381 e. The van der Waals surface area contributed by atoms with Crippen molar-refractivity contribution in [2.24, 2.45) is 11.8 Å². The predicted octanol–water partition coefficient (Wildman–Crippen LogP) is 2.98. The van der Waals surface area contributed by atoms with Gasteiger partial charge in [0.25, 0.3) is 0 Å². The van der Waals surface area contributed by atoms with Crippen LogP contribution in [-0.2, 0) is 9.47 Å². The lowest BCUT2D eigenvalue weighted by Gasteiger charge is -2.35. The molecule has 0 aromatic rings. The van der Waals surface area contributed by atoms with E-state index in [4.69, 9.17) is 9.47 Å². The van der Waals surface area contributed by atoms with Gasteiger partial charge in [-0.3, -0.25) is 0 Å². The number of hydrogen-bond acceptors (Lipinski definition) is 3.